The van der Waals surface area contributed by atoms with Crippen molar-refractivity contribution in [2.45, 2.75) is 39.8 Å². The number of nitrogens with one attached hydrogen (secondary N) is 1. The molecule has 0 saturated carbocycles. The number of hydrogen-bond donors (Lipinski definition) is 1. The van der Waals surface area contributed by atoms with Crippen molar-refractivity contribution in [3.63, 3.8) is 0 Å². The van der Waals surface area contributed by atoms with Gasteiger partial charge in [0, 0.05) is 16.5 Å². The van der Waals surface area contributed by atoms with E-state index in [0.29, 0.717) is 0 Å². The lowest BCUT2D eigenvalue weighted by molar-refractivity contribution is 0.414. The van der Waals surface area contributed by atoms with E-state index in [9.17, 15) is 0 Å². The molecular weight excluding hydrogens is 280 g/mol. The maximum absolute atomic E-state index is 6.02. The summed E-state index contributed by atoms with van der Waals surface area (Å²) in [6, 6.07) is 8.55. The summed E-state index contributed by atoms with van der Waals surface area (Å²) in [5.74, 6) is 1.01. The molecule has 3 aromatic rings. The lowest BCUT2D eigenvalue weighted by Gasteiger charge is -2.17. The van der Waals surface area contributed by atoms with Crippen molar-refractivity contribution in [2.24, 2.45) is 0 Å². The fourth-order valence-electron chi connectivity index (χ4n) is 2.70. The van der Waals surface area contributed by atoms with Gasteiger partial charge in [0.15, 0.2) is 0 Å². The maximum Gasteiger partial charge on any atom is 0.134 e. The fraction of sp³-hybridized carbons (Fsp3) is 0.353. The molecule has 1 N–H and O–H groups in total. The molecule has 21 heavy (non-hydrogen) atoms. The minimum atomic E-state index is 0.150. The zero-order chi connectivity index (χ0) is 15.0. The molecule has 2 unspecified atom stereocenters. The Morgan fingerprint density at radius 2 is 1.90 bits per heavy atom. The Morgan fingerprint density at radius 3 is 2.57 bits per heavy atom. The third kappa shape index (κ3) is 2.74. The highest BCUT2D eigenvalue weighted by atomic mass is 32.1. The Labute approximate surface area is 129 Å². The number of benzene rings is 1. The average Bonchev–Trinajstić information content (AvgIpc) is 3.04. The highest BCUT2D eigenvalue weighted by Gasteiger charge is 2.19. The monoisotopic (exact) mass is 300 g/mol. The number of para-hydroxylation sites is 1. The Balaban J connectivity index is 1.83. The number of rotatable bonds is 4. The topological polar surface area (TPSA) is 38.1 Å². The molecule has 0 radical (unpaired) electrons. The Morgan fingerprint density at radius 1 is 1.14 bits per heavy atom. The molecule has 3 rings (SSSR count). The summed E-state index contributed by atoms with van der Waals surface area (Å²) in [5.41, 5.74) is 2.17. The van der Waals surface area contributed by atoms with Gasteiger partial charge in [-0.2, -0.15) is 0 Å². The van der Waals surface area contributed by atoms with E-state index in [2.05, 4.69) is 44.1 Å². The lowest BCUT2D eigenvalue weighted by Crippen LogP contribution is -2.22. The van der Waals surface area contributed by atoms with Crippen LogP contribution in [0.5, 0.6) is 0 Å². The molecule has 0 bridgehead atoms. The van der Waals surface area contributed by atoms with Crippen LogP contribution in [0.3, 0.4) is 0 Å². The standard InChI is InChI=1S/C17H20N2OS/c1-10-9-18-17(21-10)13(4)19-12(3)16-11(2)14-7-5-6-8-15(14)20-16/h5-9,12-13,19H,1-4H3. The maximum atomic E-state index is 6.02. The van der Waals surface area contributed by atoms with E-state index in [1.807, 2.05) is 24.4 Å². The number of aryl methyl sites for hydroxylation is 2. The lowest BCUT2D eigenvalue weighted by atomic mass is 10.1. The van der Waals surface area contributed by atoms with Crippen LogP contribution in [0.1, 0.15) is 47.1 Å². The van der Waals surface area contributed by atoms with Gasteiger partial charge in [-0.1, -0.05) is 18.2 Å². The first-order valence-electron chi connectivity index (χ1n) is 7.22. The van der Waals surface area contributed by atoms with Crippen LogP contribution in [0.4, 0.5) is 0 Å². The number of fused-ring (bicyclic) bond motifs is 1. The van der Waals surface area contributed by atoms with Gasteiger partial charge in [-0.3, -0.25) is 5.32 Å². The second-order valence-electron chi connectivity index (χ2n) is 5.51. The first-order chi connectivity index (χ1) is 10.1. The molecule has 0 saturated heterocycles. The summed E-state index contributed by atoms with van der Waals surface area (Å²) >= 11 is 1.74. The molecule has 0 fully saturated rings. The van der Waals surface area contributed by atoms with Crippen molar-refractivity contribution in [3.05, 3.63) is 51.7 Å². The molecule has 0 spiro atoms. The van der Waals surface area contributed by atoms with Crippen molar-refractivity contribution >= 4 is 22.3 Å². The molecule has 0 aliphatic heterocycles. The van der Waals surface area contributed by atoms with E-state index < -0.39 is 0 Å². The first-order valence-corrected chi connectivity index (χ1v) is 8.04. The van der Waals surface area contributed by atoms with E-state index in [-0.39, 0.29) is 12.1 Å². The molecule has 2 heterocycles. The molecule has 110 valence electrons. The van der Waals surface area contributed by atoms with Crippen LogP contribution < -0.4 is 5.32 Å². The third-order valence-corrected chi connectivity index (χ3v) is 4.88. The van der Waals surface area contributed by atoms with Crippen LogP contribution in [0, 0.1) is 13.8 Å². The molecular formula is C17H20N2OS. The Kier molecular flexibility index (Phi) is 3.83. The van der Waals surface area contributed by atoms with E-state index in [1.165, 1.54) is 15.8 Å². The predicted molar refractivity (Wildman–Crippen MR) is 87.8 cm³/mol. The molecule has 2 aromatic heterocycles. The van der Waals surface area contributed by atoms with Crippen LogP contribution in [-0.4, -0.2) is 4.98 Å². The highest BCUT2D eigenvalue weighted by Crippen LogP contribution is 2.30. The number of thiazole rings is 1. The van der Waals surface area contributed by atoms with Crippen LogP contribution in [0.2, 0.25) is 0 Å². The van der Waals surface area contributed by atoms with E-state index in [0.717, 1.165) is 16.4 Å². The predicted octanol–water partition coefficient (Wildman–Crippen LogP) is 4.92. The smallest absolute Gasteiger partial charge is 0.134 e. The van der Waals surface area contributed by atoms with Gasteiger partial charge < -0.3 is 4.42 Å². The van der Waals surface area contributed by atoms with Gasteiger partial charge in [-0.25, -0.2) is 4.98 Å². The highest BCUT2D eigenvalue weighted by molar-refractivity contribution is 7.11. The van der Waals surface area contributed by atoms with Crippen LogP contribution in [-0.2, 0) is 0 Å². The molecule has 1 aromatic carbocycles. The Bertz CT molecular complexity index is 759. The SMILES string of the molecule is Cc1cnc(C(C)NC(C)c2oc3ccccc3c2C)s1. The number of hydrogen-bond acceptors (Lipinski definition) is 4. The molecule has 3 nitrogen and oxygen atoms in total. The van der Waals surface area contributed by atoms with Gasteiger partial charge >= 0.3 is 0 Å². The zero-order valence-corrected chi connectivity index (χ0v) is 13.6. The zero-order valence-electron chi connectivity index (χ0n) is 12.8. The van der Waals surface area contributed by atoms with Crippen molar-refractivity contribution in [1.82, 2.24) is 10.3 Å². The van der Waals surface area contributed by atoms with Crippen molar-refractivity contribution in [1.29, 1.82) is 0 Å². The minimum Gasteiger partial charge on any atom is -0.459 e. The molecule has 0 amide bonds. The summed E-state index contributed by atoms with van der Waals surface area (Å²) in [7, 11) is 0. The number of aromatic nitrogens is 1. The van der Waals surface area contributed by atoms with E-state index in [1.54, 1.807) is 11.3 Å². The van der Waals surface area contributed by atoms with Gasteiger partial charge in [0.25, 0.3) is 0 Å². The molecule has 0 aliphatic carbocycles. The third-order valence-electron chi connectivity index (χ3n) is 3.78. The number of nitrogens with zero attached hydrogens (tertiary/aromatic N) is 1. The summed E-state index contributed by atoms with van der Waals surface area (Å²) in [5, 5.41) is 5.89. The average molecular weight is 300 g/mol. The minimum absolute atomic E-state index is 0.150. The number of furan rings is 1. The van der Waals surface area contributed by atoms with Gasteiger partial charge in [-0.15, -0.1) is 11.3 Å². The van der Waals surface area contributed by atoms with E-state index in [4.69, 9.17) is 4.42 Å². The van der Waals surface area contributed by atoms with Gasteiger partial charge in [0.05, 0.1) is 12.1 Å². The normalized spacial score (nSPS) is 14.5. The molecule has 2 atom stereocenters. The Hall–Kier alpha value is -1.65. The van der Waals surface area contributed by atoms with Crippen LogP contribution in [0.15, 0.2) is 34.9 Å². The fourth-order valence-corrected chi connectivity index (χ4v) is 3.49. The summed E-state index contributed by atoms with van der Waals surface area (Å²) in [6.45, 7) is 8.49. The summed E-state index contributed by atoms with van der Waals surface area (Å²) in [6.07, 6.45) is 1.93. The molecule has 0 aliphatic rings. The van der Waals surface area contributed by atoms with Gasteiger partial charge in [0.2, 0.25) is 0 Å². The largest absolute Gasteiger partial charge is 0.459 e. The second-order valence-corrected chi connectivity index (χ2v) is 6.77. The van der Waals surface area contributed by atoms with Crippen molar-refractivity contribution in [3.8, 4) is 0 Å². The van der Waals surface area contributed by atoms with Crippen LogP contribution >= 0.6 is 11.3 Å². The van der Waals surface area contributed by atoms with E-state index >= 15 is 0 Å². The summed E-state index contributed by atoms with van der Waals surface area (Å²) < 4.78 is 6.02. The molecule has 4 heteroatoms. The second kappa shape index (κ2) is 5.62. The van der Waals surface area contributed by atoms with Crippen LogP contribution in [0.25, 0.3) is 11.0 Å². The summed E-state index contributed by atoms with van der Waals surface area (Å²) in [4.78, 5) is 5.69. The first kappa shape index (κ1) is 14.3. The van der Waals surface area contributed by atoms with Gasteiger partial charge in [0.1, 0.15) is 16.4 Å². The van der Waals surface area contributed by atoms with Gasteiger partial charge in [-0.05, 0) is 39.3 Å². The van der Waals surface area contributed by atoms with Crippen molar-refractivity contribution < 1.29 is 4.42 Å². The van der Waals surface area contributed by atoms with Crippen molar-refractivity contribution in [2.75, 3.05) is 0 Å². The quantitative estimate of drug-likeness (QED) is 0.743.